The average molecular weight is 421 g/mol. The summed E-state index contributed by atoms with van der Waals surface area (Å²) in [6, 6.07) is 12.2. The largest absolute Gasteiger partial charge is 0.467 e. The summed E-state index contributed by atoms with van der Waals surface area (Å²) in [5, 5.41) is 2.42. The molecule has 1 atom stereocenters. The van der Waals surface area contributed by atoms with Gasteiger partial charge in [-0.1, -0.05) is 12.1 Å². The highest BCUT2D eigenvalue weighted by Crippen LogP contribution is 2.38. The van der Waals surface area contributed by atoms with E-state index < -0.39 is 11.2 Å². The summed E-state index contributed by atoms with van der Waals surface area (Å²) in [6.45, 7) is 0.188. The summed E-state index contributed by atoms with van der Waals surface area (Å²) in [5.41, 5.74) is 0.624. The zero-order chi connectivity index (χ0) is 20.8. The minimum absolute atomic E-state index is 0.289. The number of fused-ring (bicyclic) bond motifs is 2. The standard InChI is InChI=1S/C22H19N3O4S/c1-23-16-6-3-2-5-14(16)21(27)25(22(23)28)13-19(26)24-10-8-18-15(9-12-30-18)20(24)17-7-4-11-29-17/h2-7,9,11-12,20H,8,10,13H2,1H3/t20-/m0/s1. The first-order chi connectivity index (χ1) is 14.6. The van der Waals surface area contributed by atoms with Gasteiger partial charge in [0, 0.05) is 18.5 Å². The van der Waals surface area contributed by atoms with Crippen molar-refractivity contribution in [2.45, 2.75) is 19.0 Å². The Kier molecular flexibility index (Phi) is 4.43. The number of amides is 1. The van der Waals surface area contributed by atoms with Crippen LogP contribution in [0.5, 0.6) is 0 Å². The molecule has 0 saturated carbocycles. The van der Waals surface area contributed by atoms with Crippen LogP contribution in [-0.2, 0) is 24.8 Å². The van der Waals surface area contributed by atoms with E-state index in [0.717, 1.165) is 16.6 Å². The van der Waals surface area contributed by atoms with E-state index in [1.165, 1.54) is 9.44 Å². The first-order valence-electron chi connectivity index (χ1n) is 9.64. The van der Waals surface area contributed by atoms with E-state index in [2.05, 4.69) is 0 Å². The van der Waals surface area contributed by atoms with Crippen molar-refractivity contribution < 1.29 is 9.21 Å². The molecule has 7 nitrogen and oxygen atoms in total. The molecule has 0 unspecified atom stereocenters. The number of furan rings is 1. The molecule has 0 fully saturated rings. The molecule has 8 heteroatoms. The molecule has 4 aromatic rings. The molecule has 1 aliphatic rings. The molecular formula is C22H19N3O4S. The van der Waals surface area contributed by atoms with Gasteiger partial charge in [-0.15, -0.1) is 11.3 Å². The summed E-state index contributed by atoms with van der Waals surface area (Å²) < 4.78 is 8.06. The summed E-state index contributed by atoms with van der Waals surface area (Å²) in [4.78, 5) is 42.0. The van der Waals surface area contributed by atoms with E-state index in [1.54, 1.807) is 59.9 Å². The van der Waals surface area contributed by atoms with Crippen LogP contribution in [0.3, 0.4) is 0 Å². The van der Waals surface area contributed by atoms with Crippen molar-refractivity contribution in [1.82, 2.24) is 14.0 Å². The number of para-hydroxylation sites is 1. The van der Waals surface area contributed by atoms with Crippen molar-refractivity contribution in [3.8, 4) is 0 Å². The third-order valence-electron chi connectivity index (χ3n) is 5.65. The topological polar surface area (TPSA) is 77.5 Å². The zero-order valence-electron chi connectivity index (χ0n) is 16.3. The number of hydrogen-bond acceptors (Lipinski definition) is 5. The van der Waals surface area contributed by atoms with E-state index in [-0.39, 0.29) is 18.5 Å². The van der Waals surface area contributed by atoms with Gasteiger partial charge in [0.2, 0.25) is 5.91 Å². The molecule has 0 spiro atoms. The maximum atomic E-state index is 13.3. The SMILES string of the molecule is Cn1c(=O)n(CC(=O)N2CCc3sccc3[C@H]2c2ccco2)c(=O)c2ccccc21. The van der Waals surface area contributed by atoms with Gasteiger partial charge in [0.15, 0.2) is 0 Å². The highest BCUT2D eigenvalue weighted by Gasteiger charge is 2.34. The molecule has 5 rings (SSSR count). The van der Waals surface area contributed by atoms with Crippen molar-refractivity contribution in [3.05, 3.63) is 91.1 Å². The third-order valence-corrected chi connectivity index (χ3v) is 6.65. The molecule has 1 amide bonds. The van der Waals surface area contributed by atoms with Crippen molar-refractivity contribution in [3.63, 3.8) is 0 Å². The fraction of sp³-hybridized carbons (Fsp3) is 0.227. The Hall–Kier alpha value is -3.39. The number of hydrogen-bond donors (Lipinski definition) is 0. The van der Waals surface area contributed by atoms with Crippen molar-refractivity contribution in [1.29, 1.82) is 0 Å². The monoisotopic (exact) mass is 421 g/mol. The lowest BCUT2D eigenvalue weighted by atomic mass is 9.97. The van der Waals surface area contributed by atoms with Crippen molar-refractivity contribution >= 4 is 28.1 Å². The van der Waals surface area contributed by atoms with Crippen LogP contribution in [0, 0.1) is 0 Å². The molecule has 152 valence electrons. The Morgan fingerprint density at radius 3 is 2.80 bits per heavy atom. The lowest BCUT2D eigenvalue weighted by Crippen LogP contribution is -2.47. The molecule has 0 radical (unpaired) electrons. The number of rotatable bonds is 3. The molecule has 0 N–H and O–H groups in total. The fourth-order valence-electron chi connectivity index (χ4n) is 4.17. The van der Waals surface area contributed by atoms with E-state index in [1.807, 2.05) is 17.5 Å². The lowest BCUT2D eigenvalue weighted by Gasteiger charge is -2.34. The number of carbonyl (C=O) groups excluding carboxylic acids is 1. The van der Waals surface area contributed by atoms with Crippen LogP contribution in [0.15, 0.2) is 68.1 Å². The quantitative estimate of drug-likeness (QED) is 0.509. The van der Waals surface area contributed by atoms with E-state index in [4.69, 9.17) is 4.42 Å². The minimum Gasteiger partial charge on any atom is -0.467 e. The molecular weight excluding hydrogens is 402 g/mol. The van der Waals surface area contributed by atoms with Crippen LogP contribution in [0.1, 0.15) is 22.2 Å². The second kappa shape index (κ2) is 7.14. The second-order valence-corrected chi connectivity index (χ2v) is 8.30. The average Bonchev–Trinajstić information content (AvgIpc) is 3.46. The summed E-state index contributed by atoms with van der Waals surface area (Å²) >= 11 is 1.66. The maximum absolute atomic E-state index is 13.3. The number of nitrogens with zero attached hydrogens (tertiary/aromatic N) is 3. The molecule has 0 saturated heterocycles. The smallest absolute Gasteiger partial charge is 0.331 e. The predicted molar refractivity (Wildman–Crippen MR) is 114 cm³/mol. The van der Waals surface area contributed by atoms with Gasteiger partial charge in [0.05, 0.1) is 17.2 Å². The van der Waals surface area contributed by atoms with Crippen LogP contribution in [0.25, 0.3) is 10.9 Å². The van der Waals surface area contributed by atoms with Crippen molar-refractivity contribution in [2.75, 3.05) is 6.54 Å². The van der Waals surface area contributed by atoms with E-state index in [0.29, 0.717) is 23.2 Å². The Morgan fingerprint density at radius 2 is 2.00 bits per heavy atom. The molecule has 4 heterocycles. The van der Waals surface area contributed by atoms with Crippen LogP contribution in [-0.4, -0.2) is 26.5 Å². The normalized spacial score (nSPS) is 16.0. The van der Waals surface area contributed by atoms with Gasteiger partial charge in [-0.05, 0) is 47.7 Å². The highest BCUT2D eigenvalue weighted by molar-refractivity contribution is 7.10. The predicted octanol–water partition coefficient (Wildman–Crippen LogP) is 2.53. The zero-order valence-corrected chi connectivity index (χ0v) is 17.1. The molecule has 1 aliphatic heterocycles. The van der Waals surface area contributed by atoms with E-state index in [9.17, 15) is 14.4 Å². The number of benzene rings is 1. The van der Waals surface area contributed by atoms with Crippen LogP contribution in [0.2, 0.25) is 0 Å². The first-order valence-corrected chi connectivity index (χ1v) is 10.5. The molecule has 0 bridgehead atoms. The van der Waals surface area contributed by atoms with Gasteiger partial charge in [-0.2, -0.15) is 0 Å². The van der Waals surface area contributed by atoms with Gasteiger partial charge in [0.1, 0.15) is 18.3 Å². The Morgan fingerprint density at radius 1 is 1.17 bits per heavy atom. The van der Waals surface area contributed by atoms with Gasteiger partial charge < -0.3 is 9.32 Å². The summed E-state index contributed by atoms with van der Waals surface area (Å²) in [7, 11) is 1.61. The van der Waals surface area contributed by atoms with E-state index >= 15 is 0 Å². The fourth-order valence-corrected chi connectivity index (χ4v) is 5.07. The van der Waals surface area contributed by atoms with Crippen LogP contribution >= 0.6 is 11.3 Å². The lowest BCUT2D eigenvalue weighted by molar-refractivity contribution is -0.134. The Labute approximate surface area is 175 Å². The van der Waals surface area contributed by atoms with Crippen LogP contribution < -0.4 is 11.2 Å². The van der Waals surface area contributed by atoms with Crippen LogP contribution in [0.4, 0.5) is 0 Å². The van der Waals surface area contributed by atoms with Gasteiger partial charge >= 0.3 is 5.69 Å². The Bertz CT molecular complexity index is 1360. The maximum Gasteiger partial charge on any atom is 0.331 e. The number of aromatic nitrogens is 2. The summed E-state index contributed by atoms with van der Waals surface area (Å²) in [5.74, 6) is 0.379. The highest BCUT2D eigenvalue weighted by atomic mass is 32.1. The molecule has 30 heavy (non-hydrogen) atoms. The molecule has 1 aromatic carbocycles. The molecule has 0 aliphatic carbocycles. The van der Waals surface area contributed by atoms with Crippen molar-refractivity contribution in [2.24, 2.45) is 7.05 Å². The first kappa shape index (κ1) is 18.6. The second-order valence-electron chi connectivity index (χ2n) is 7.30. The Balaban J connectivity index is 1.56. The summed E-state index contributed by atoms with van der Waals surface area (Å²) in [6.07, 6.45) is 2.32. The number of aryl methyl sites for hydroxylation is 1. The number of thiophene rings is 1. The van der Waals surface area contributed by atoms with Gasteiger partial charge in [0.25, 0.3) is 5.56 Å². The third kappa shape index (κ3) is 2.83. The minimum atomic E-state index is -0.505. The number of carbonyl (C=O) groups is 1. The van der Waals surface area contributed by atoms with Gasteiger partial charge in [-0.25, -0.2) is 4.79 Å². The molecule has 3 aromatic heterocycles. The van der Waals surface area contributed by atoms with Gasteiger partial charge in [-0.3, -0.25) is 18.7 Å².